The Morgan fingerprint density at radius 3 is 1.75 bits per heavy atom. The third kappa shape index (κ3) is 2.66. The summed E-state index contributed by atoms with van der Waals surface area (Å²) in [6, 6.07) is 0. The van der Waals surface area contributed by atoms with Crippen LogP contribution < -0.4 is 0 Å². The summed E-state index contributed by atoms with van der Waals surface area (Å²) in [4.78, 5) is 0. The number of halogens is 3. The van der Waals surface area contributed by atoms with Crippen molar-refractivity contribution >= 4 is 0 Å². The highest BCUT2D eigenvalue weighted by Gasteiger charge is 1.91. The molecule has 0 nitrogen and oxygen atoms in total. The molecule has 0 saturated heterocycles. The van der Waals surface area contributed by atoms with Crippen LogP contribution in [0.2, 0.25) is 0 Å². The summed E-state index contributed by atoms with van der Waals surface area (Å²) < 4.78 is 33.9. The van der Waals surface area contributed by atoms with Gasteiger partial charge in [-0.3, -0.25) is 0 Å². The Bertz CT molecular complexity index is 71.7. The summed E-state index contributed by atoms with van der Waals surface area (Å²) >= 11 is 0. The average Bonchev–Trinajstić information content (AvgIpc) is 1.83. The van der Waals surface area contributed by atoms with Gasteiger partial charge in [-0.1, -0.05) is 0 Å². The Labute approximate surface area is 46.0 Å². The fraction of sp³-hybridized carbons (Fsp3) is 0.600. The van der Waals surface area contributed by atoms with Gasteiger partial charge in [0.15, 0.2) is 0 Å². The predicted octanol–water partition coefficient (Wildman–Crippen LogP) is 1.82. The van der Waals surface area contributed by atoms with Crippen molar-refractivity contribution in [2.45, 2.75) is 0 Å². The SMILES string of the molecule is FCC=C(CF)CF. The Hall–Kier alpha value is -0.470. The molecule has 0 atom stereocenters. The van der Waals surface area contributed by atoms with Crippen LogP contribution >= 0.6 is 0 Å². The van der Waals surface area contributed by atoms with Gasteiger partial charge in [-0.15, -0.1) is 0 Å². The van der Waals surface area contributed by atoms with Crippen LogP contribution in [0.15, 0.2) is 11.6 Å². The monoisotopic (exact) mass is 124 g/mol. The molecule has 48 valence electrons. The van der Waals surface area contributed by atoms with Gasteiger partial charge in [0, 0.05) is 0 Å². The zero-order valence-corrected chi connectivity index (χ0v) is 4.33. The quantitative estimate of drug-likeness (QED) is 0.503. The number of hydrogen-bond acceptors (Lipinski definition) is 0. The van der Waals surface area contributed by atoms with Gasteiger partial charge in [-0.25, -0.2) is 13.2 Å². The molecule has 0 aliphatic rings. The molecule has 0 aromatic rings. The summed E-state index contributed by atoms with van der Waals surface area (Å²) in [7, 11) is 0. The Kier molecular flexibility index (Phi) is 4.41. The van der Waals surface area contributed by atoms with Crippen LogP contribution in [0.25, 0.3) is 0 Å². The minimum atomic E-state index is -0.888. The predicted molar refractivity (Wildman–Crippen MR) is 26.0 cm³/mol. The van der Waals surface area contributed by atoms with Gasteiger partial charge in [-0.05, 0) is 11.6 Å². The topological polar surface area (TPSA) is 0 Å². The summed E-state index contributed by atoms with van der Waals surface area (Å²) in [5, 5.41) is 0. The van der Waals surface area contributed by atoms with E-state index in [4.69, 9.17) is 0 Å². The highest BCUT2D eigenvalue weighted by molar-refractivity contribution is 5.01. The number of allylic oxidation sites excluding steroid dienone is 2. The highest BCUT2D eigenvalue weighted by atomic mass is 19.1. The van der Waals surface area contributed by atoms with Crippen molar-refractivity contribution in [2.24, 2.45) is 0 Å². The minimum absolute atomic E-state index is 0.118. The Morgan fingerprint density at radius 2 is 1.62 bits per heavy atom. The molecule has 0 aliphatic heterocycles. The summed E-state index contributed by atoms with van der Waals surface area (Å²) in [5.41, 5.74) is -0.118. The lowest BCUT2D eigenvalue weighted by Crippen LogP contribution is -1.87. The maximum atomic E-state index is 11.4. The van der Waals surface area contributed by atoms with E-state index in [-0.39, 0.29) is 5.57 Å². The number of alkyl halides is 3. The molecule has 0 radical (unpaired) electrons. The minimum Gasteiger partial charge on any atom is -0.247 e. The first-order chi connectivity index (χ1) is 3.85. The lowest BCUT2D eigenvalue weighted by molar-refractivity contribution is 0.467. The number of hydrogen-bond donors (Lipinski definition) is 0. The normalized spacial score (nSPS) is 8.88. The summed E-state index contributed by atoms with van der Waals surface area (Å²) in [6.45, 7) is -2.57. The maximum absolute atomic E-state index is 11.4. The van der Waals surface area contributed by atoms with Gasteiger partial charge in [0.05, 0.1) is 0 Å². The molecule has 0 bridgehead atoms. The van der Waals surface area contributed by atoms with Crippen LogP contribution in [0.5, 0.6) is 0 Å². The molecule has 0 N–H and O–H groups in total. The van der Waals surface area contributed by atoms with Crippen molar-refractivity contribution in [1.82, 2.24) is 0 Å². The van der Waals surface area contributed by atoms with Crippen LogP contribution in [0, 0.1) is 0 Å². The van der Waals surface area contributed by atoms with Gasteiger partial charge >= 0.3 is 0 Å². The molecule has 0 fully saturated rings. The highest BCUT2D eigenvalue weighted by Crippen LogP contribution is 1.95. The van der Waals surface area contributed by atoms with Gasteiger partial charge in [0.2, 0.25) is 0 Å². The van der Waals surface area contributed by atoms with E-state index in [1.54, 1.807) is 0 Å². The third-order valence-electron chi connectivity index (χ3n) is 0.709. The second-order valence-corrected chi connectivity index (χ2v) is 1.28. The summed E-state index contributed by atoms with van der Waals surface area (Å²) in [6.07, 6.45) is 0.903. The van der Waals surface area contributed by atoms with Crippen LogP contribution in [-0.2, 0) is 0 Å². The fourth-order valence-corrected chi connectivity index (χ4v) is 0.254. The molecule has 0 unspecified atom stereocenters. The average molecular weight is 124 g/mol. The van der Waals surface area contributed by atoms with E-state index in [9.17, 15) is 13.2 Å². The van der Waals surface area contributed by atoms with Crippen molar-refractivity contribution in [2.75, 3.05) is 20.0 Å². The first kappa shape index (κ1) is 7.53. The molecule has 0 rings (SSSR count). The molecular formula is C5H7F3. The third-order valence-corrected chi connectivity index (χ3v) is 0.709. The Morgan fingerprint density at radius 1 is 1.12 bits per heavy atom. The lowest BCUT2D eigenvalue weighted by Gasteiger charge is -1.89. The van der Waals surface area contributed by atoms with E-state index < -0.39 is 20.0 Å². The van der Waals surface area contributed by atoms with Crippen LogP contribution in [0.1, 0.15) is 0 Å². The zero-order chi connectivity index (χ0) is 6.41. The van der Waals surface area contributed by atoms with E-state index >= 15 is 0 Å². The Balaban J connectivity index is 3.49. The molecule has 0 aromatic heterocycles. The molecular weight excluding hydrogens is 117 g/mol. The lowest BCUT2D eigenvalue weighted by atomic mass is 10.3. The largest absolute Gasteiger partial charge is 0.247 e. The van der Waals surface area contributed by atoms with E-state index in [1.807, 2.05) is 0 Å². The second kappa shape index (κ2) is 4.68. The second-order valence-electron chi connectivity index (χ2n) is 1.28. The van der Waals surface area contributed by atoms with E-state index in [2.05, 4.69) is 0 Å². The van der Waals surface area contributed by atoms with Crippen molar-refractivity contribution in [3.8, 4) is 0 Å². The van der Waals surface area contributed by atoms with Crippen molar-refractivity contribution in [3.05, 3.63) is 11.6 Å². The molecule has 3 heteroatoms. The smallest absolute Gasteiger partial charge is 0.113 e. The van der Waals surface area contributed by atoms with Crippen LogP contribution in [0.4, 0.5) is 13.2 Å². The van der Waals surface area contributed by atoms with Crippen molar-refractivity contribution in [1.29, 1.82) is 0 Å². The van der Waals surface area contributed by atoms with Gasteiger partial charge in [0.1, 0.15) is 20.0 Å². The van der Waals surface area contributed by atoms with Gasteiger partial charge in [-0.2, -0.15) is 0 Å². The first-order valence-electron chi connectivity index (χ1n) is 2.21. The van der Waals surface area contributed by atoms with Gasteiger partial charge in [0.25, 0.3) is 0 Å². The maximum Gasteiger partial charge on any atom is 0.113 e. The van der Waals surface area contributed by atoms with Crippen LogP contribution in [-0.4, -0.2) is 20.0 Å². The molecule has 0 saturated carbocycles. The van der Waals surface area contributed by atoms with Crippen molar-refractivity contribution in [3.63, 3.8) is 0 Å². The zero-order valence-electron chi connectivity index (χ0n) is 4.33. The van der Waals surface area contributed by atoms with Gasteiger partial charge < -0.3 is 0 Å². The molecule has 0 aliphatic carbocycles. The van der Waals surface area contributed by atoms with Crippen LogP contribution in [0.3, 0.4) is 0 Å². The summed E-state index contributed by atoms with van der Waals surface area (Å²) in [5.74, 6) is 0. The molecule has 0 aromatic carbocycles. The first-order valence-corrected chi connectivity index (χ1v) is 2.21. The molecule has 0 amide bonds. The molecule has 8 heavy (non-hydrogen) atoms. The standard InChI is InChI=1S/C5H7F3/c6-2-1-5(3-7)4-8/h1H,2-4H2. The fourth-order valence-electron chi connectivity index (χ4n) is 0.254. The molecule has 0 heterocycles. The number of rotatable bonds is 3. The molecule has 0 spiro atoms. The van der Waals surface area contributed by atoms with E-state index in [1.165, 1.54) is 0 Å². The van der Waals surface area contributed by atoms with Crippen molar-refractivity contribution < 1.29 is 13.2 Å². The van der Waals surface area contributed by atoms with E-state index in [0.717, 1.165) is 6.08 Å². The van der Waals surface area contributed by atoms with E-state index in [0.29, 0.717) is 0 Å².